The molecule has 1 atom stereocenters. The van der Waals surface area contributed by atoms with E-state index in [4.69, 9.17) is 5.73 Å². The Labute approximate surface area is 124 Å². The van der Waals surface area contributed by atoms with Crippen molar-refractivity contribution in [3.8, 4) is 0 Å². The molecule has 0 aliphatic carbocycles. The highest BCUT2D eigenvalue weighted by Gasteiger charge is 2.33. The van der Waals surface area contributed by atoms with Gasteiger partial charge < -0.3 is 11.1 Å². The molecule has 4 nitrogen and oxygen atoms in total. The van der Waals surface area contributed by atoms with Crippen LogP contribution < -0.4 is 11.1 Å². The van der Waals surface area contributed by atoms with E-state index >= 15 is 0 Å². The van der Waals surface area contributed by atoms with Crippen LogP contribution in [-0.4, -0.2) is 43.0 Å². The molecule has 1 unspecified atom stereocenters. The second-order valence-corrected chi connectivity index (χ2v) is 6.04. The number of hydrogen-bond acceptors (Lipinski definition) is 3. The Morgan fingerprint density at radius 1 is 1.30 bits per heavy atom. The van der Waals surface area contributed by atoms with E-state index in [1.165, 1.54) is 32.2 Å². The van der Waals surface area contributed by atoms with Gasteiger partial charge in [0.05, 0.1) is 5.41 Å². The highest BCUT2D eigenvalue weighted by molar-refractivity contribution is 5.82. The number of piperidine rings is 1. The summed E-state index contributed by atoms with van der Waals surface area (Å²) in [7, 11) is 0. The highest BCUT2D eigenvalue weighted by Crippen LogP contribution is 2.25. The Morgan fingerprint density at radius 2 is 2.00 bits per heavy atom. The third-order valence-corrected chi connectivity index (χ3v) is 5.13. The Kier molecular flexibility index (Phi) is 7.52. The lowest BCUT2D eigenvalue weighted by Crippen LogP contribution is -2.48. The molecule has 118 valence electrons. The van der Waals surface area contributed by atoms with Crippen molar-refractivity contribution in [3.05, 3.63) is 0 Å². The molecule has 0 bridgehead atoms. The van der Waals surface area contributed by atoms with E-state index in [9.17, 15) is 4.79 Å². The quantitative estimate of drug-likeness (QED) is 0.717. The van der Waals surface area contributed by atoms with E-state index in [1.54, 1.807) is 0 Å². The van der Waals surface area contributed by atoms with Crippen LogP contribution in [0.25, 0.3) is 0 Å². The molecule has 1 saturated heterocycles. The minimum absolute atomic E-state index is 0.134. The summed E-state index contributed by atoms with van der Waals surface area (Å²) in [4.78, 5) is 14.9. The molecule has 0 saturated carbocycles. The summed E-state index contributed by atoms with van der Waals surface area (Å²) in [5, 5.41) is 3.11. The summed E-state index contributed by atoms with van der Waals surface area (Å²) in [5.74, 6) is 0.134. The predicted octanol–water partition coefficient (Wildman–Crippen LogP) is 2.13. The first-order valence-electron chi connectivity index (χ1n) is 8.36. The minimum atomic E-state index is -0.369. The molecule has 1 fully saturated rings. The molecular formula is C16H33N3O. The molecule has 1 aliphatic heterocycles. The van der Waals surface area contributed by atoms with Crippen LogP contribution in [0.5, 0.6) is 0 Å². The van der Waals surface area contributed by atoms with Crippen LogP contribution in [0.15, 0.2) is 0 Å². The van der Waals surface area contributed by atoms with Crippen molar-refractivity contribution in [2.45, 2.75) is 65.3 Å². The van der Waals surface area contributed by atoms with Crippen molar-refractivity contribution in [3.63, 3.8) is 0 Å². The molecule has 20 heavy (non-hydrogen) atoms. The molecule has 0 aromatic carbocycles. The zero-order chi connectivity index (χ0) is 15.0. The number of nitrogens with one attached hydrogen (secondary N) is 1. The molecule has 0 spiro atoms. The fourth-order valence-electron chi connectivity index (χ4n) is 3.27. The minimum Gasteiger partial charge on any atom is -0.354 e. The van der Waals surface area contributed by atoms with Crippen molar-refractivity contribution in [1.29, 1.82) is 0 Å². The Bertz CT molecular complexity index is 281. The Morgan fingerprint density at radius 3 is 2.55 bits per heavy atom. The summed E-state index contributed by atoms with van der Waals surface area (Å²) in [6.45, 7) is 9.69. The Hall–Kier alpha value is -0.610. The third kappa shape index (κ3) is 4.19. The first-order valence-corrected chi connectivity index (χ1v) is 8.36. The second kappa shape index (κ2) is 8.63. The fraction of sp³-hybridized carbons (Fsp3) is 0.938. The number of carbonyl (C=O) groups excluding carboxylic acids is 1. The maximum Gasteiger partial charge on any atom is 0.227 e. The molecule has 3 N–H and O–H groups in total. The maximum atomic E-state index is 12.3. The molecule has 1 amide bonds. The summed E-state index contributed by atoms with van der Waals surface area (Å²) in [5.41, 5.74) is 5.45. The Balaban J connectivity index is 2.40. The van der Waals surface area contributed by atoms with Crippen LogP contribution in [0.1, 0.15) is 59.3 Å². The van der Waals surface area contributed by atoms with Crippen LogP contribution >= 0.6 is 0 Å². The maximum absolute atomic E-state index is 12.3. The van der Waals surface area contributed by atoms with Crippen LogP contribution in [0, 0.1) is 5.41 Å². The average molecular weight is 283 g/mol. The van der Waals surface area contributed by atoms with E-state index in [1.807, 2.05) is 13.8 Å². The van der Waals surface area contributed by atoms with E-state index < -0.39 is 0 Å². The molecule has 1 aliphatic rings. The zero-order valence-corrected chi connectivity index (χ0v) is 13.6. The summed E-state index contributed by atoms with van der Waals surface area (Å²) >= 11 is 0. The summed E-state index contributed by atoms with van der Waals surface area (Å²) < 4.78 is 0. The standard InChI is InChI=1S/C16H33N3O/c1-4-14-9-7-8-11-19(14)12-10-18-15(20)16(5-2,6-3)13-17/h14H,4-13,17H2,1-3H3,(H,18,20). The van der Waals surface area contributed by atoms with Gasteiger partial charge in [-0.15, -0.1) is 0 Å². The van der Waals surface area contributed by atoms with Gasteiger partial charge in [0.2, 0.25) is 5.91 Å². The fourth-order valence-corrected chi connectivity index (χ4v) is 3.27. The molecule has 0 radical (unpaired) electrons. The number of nitrogens with two attached hydrogens (primary N) is 1. The highest BCUT2D eigenvalue weighted by atomic mass is 16.2. The average Bonchev–Trinajstić information content (AvgIpc) is 2.50. The van der Waals surface area contributed by atoms with Crippen molar-refractivity contribution < 1.29 is 4.79 Å². The monoisotopic (exact) mass is 283 g/mol. The molecule has 4 heteroatoms. The van der Waals surface area contributed by atoms with E-state index in [-0.39, 0.29) is 11.3 Å². The molecule has 1 heterocycles. The number of rotatable bonds is 8. The lowest BCUT2D eigenvalue weighted by atomic mass is 9.81. The topological polar surface area (TPSA) is 58.4 Å². The van der Waals surface area contributed by atoms with Gasteiger partial charge >= 0.3 is 0 Å². The van der Waals surface area contributed by atoms with Gasteiger partial charge in [0, 0.05) is 25.7 Å². The molecular weight excluding hydrogens is 250 g/mol. The van der Waals surface area contributed by atoms with Gasteiger partial charge in [-0.25, -0.2) is 0 Å². The van der Waals surface area contributed by atoms with Crippen molar-refractivity contribution in [2.24, 2.45) is 11.1 Å². The molecule has 0 aromatic heterocycles. The molecule has 0 aromatic rings. The van der Waals surface area contributed by atoms with Crippen LogP contribution in [0.3, 0.4) is 0 Å². The van der Waals surface area contributed by atoms with Crippen molar-refractivity contribution >= 4 is 5.91 Å². The predicted molar refractivity (Wildman–Crippen MR) is 84.6 cm³/mol. The first-order chi connectivity index (χ1) is 9.63. The number of likely N-dealkylation sites (tertiary alicyclic amines) is 1. The van der Waals surface area contributed by atoms with Crippen LogP contribution in [0.2, 0.25) is 0 Å². The number of carbonyl (C=O) groups is 1. The lowest BCUT2D eigenvalue weighted by Gasteiger charge is -2.35. The van der Waals surface area contributed by atoms with E-state index in [0.717, 1.165) is 25.9 Å². The number of hydrogen-bond donors (Lipinski definition) is 2. The van der Waals surface area contributed by atoms with Crippen LogP contribution in [0.4, 0.5) is 0 Å². The lowest BCUT2D eigenvalue weighted by molar-refractivity contribution is -0.131. The van der Waals surface area contributed by atoms with Crippen molar-refractivity contribution in [1.82, 2.24) is 10.2 Å². The first kappa shape index (κ1) is 17.4. The van der Waals surface area contributed by atoms with Gasteiger partial charge in [-0.2, -0.15) is 0 Å². The number of amides is 1. The second-order valence-electron chi connectivity index (χ2n) is 6.04. The smallest absolute Gasteiger partial charge is 0.227 e. The number of nitrogens with zero attached hydrogens (tertiary/aromatic N) is 1. The molecule has 1 rings (SSSR count). The van der Waals surface area contributed by atoms with Gasteiger partial charge in [0.1, 0.15) is 0 Å². The van der Waals surface area contributed by atoms with Gasteiger partial charge in [0.25, 0.3) is 0 Å². The van der Waals surface area contributed by atoms with Crippen molar-refractivity contribution in [2.75, 3.05) is 26.2 Å². The van der Waals surface area contributed by atoms with Crippen LogP contribution in [-0.2, 0) is 4.79 Å². The van der Waals surface area contributed by atoms with E-state index in [0.29, 0.717) is 12.6 Å². The third-order valence-electron chi connectivity index (χ3n) is 5.13. The van der Waals surface area contributed by atoms with Gasteiger partial charge in [0.15, 0.2) is 0 Å². The summed E-state index contributed by atoms with van der Waals surface area (Å²) in [6.07, 6.45) is 6.79. The largest absolute Gasteiger partial charge is 0.354 e. The zero-order valence-electron chi connectivity index (χ0n) is 13.6. The normalized spacial score (nSPS) is 20.9. The van der Waals surface area contributed by atoms with E-state index in [2.05, 4.69) is 17.1 Å². The SMILES string of the molecule is CCC1CCCCN1CCNC(=O)C(CC)(CC)CN. The van der Waals surface area contributed by atoms with Gasteiger partial charge in [-0.05, 0) is 38.6 Å². The van der Waals surface area contributed by atoms with Gasteiger partial charge in [-0.3, -0.25) is 9.69 Å². The summed E-state index contributed by atoms with van der Waals surface area (Å²) in [6, 6.07) is 0.706. The van der Waals surface area contributed by atoms with Gasteiger partial charge in [-0.1, -0.05) is 27.2 Å².